The van der Waals surface area contributed by atoms with Crippen LogP contribution in [-0.4, -0.2) is 9.52 Å². The Labute approximate surface area is 71.2 Å². The number of rotatable bonds is 2. The van der Waals surface area contributed by atoms with E-state index < -0.39 is 0 Å². The van der Waals surface area contributed by atoms with Crippen molar-refractivity contribution < 1.29 is 0 Å². The minimum Gasteiger partial charge on any atom is -0.0840 e. The van der Waals surface area contributed by atoms with Gasteiger partial charge in [0.15, 0.2) is 0 Å². The zero-order chi connectivity index (χ0) is 7.52. The third-order valence-corrected chi connectivity index (χ3v) is 5.32. The third kappa shape index (κ3) is 1.83. The first-order valence-electron chi connectivity index (χ1n) is 4.80. The first-order chi connectivity index (χ1) is 5.45. The molecule has 2 rings (SSSR count). The van der Waals surface area contributed by atoms with Gasteiger partial charge in [-0.3, -0.25) is 0 Å². The van der Waals surface area contributed by atoms with Crippen LogP contribution < -0.4 is 0 Å². The molecule has 0 aromatic rings. The Hall–Kier alpha value is -0.303. The molecule has 0 saturated heterocycles. The van der Waals surface area contributed by atoms with Crippen LogP contribution in [0.25, 0.3) is 0 Å². The molecule has 11 heavy (non-hydrogen) atoms. The highest BCUT2D eigenvalue weighted by Crippen LogP contribution is 2.31. The zero-order valence-electron chi connectivity index (χ0n) is 7.05. The molecule has 0 aromatic heterocycles. The van der Waals surface area contributed by atoms with Crippen LogP contribution in [0.2, 0.25) is 5.54 Å². The first kappa shape index (κ1) is 7.35. The van der Waals surface area contributed by atoms with E-state index in [9.17, 15) is 0 Å². The first-order valence-corrected chi connectivity index (χ1v) is 6.32. The van der Waals surface area contributed by atoms with Gasteiger partial charge in [0.1, 0.15) is 0 Å². The lowest BCUT2D eigenvalue weighted by Gasteiger charge is -2.07. The van der Waals surface area contributed by atoms with Gasteiger partial charge in [0, 0.05) is 0 Å². The summed E-state index contributed by atoms with van der Waals surface area (Å²) in [4.78, 5) is 0. The molecule has 0 heterocycles. The van der Waals surface area contributed by atoms with Crippen LogP contribution in [0, 0.1) is 0 Å². The highest BCUT2D eigenvalue weighted by molar-refractivity contribution is 6.47. The van der Waals surface area contributed by atoms with Gasteiger partial charge in [-0.2, -0.15) is 0 Å². The van der Waals surface area contributed by atoms with Crippen molar-refractivity contribution in [2.75, 3.05) is 0 Å². The van der Waals surface area contributed by atoms with Crippen LogP contribution in [0.5, 0.6) is 0 Å². The molecule has 1 heteroatoms. The lowest BCUT2D eigenvalue weighted by molar-refractivity contribution is 0.868. The smallest absolute Gasteiger partial charge is 0.0530 e. The van der Waals surface area contributed by atoms with E-state index in [-0.39, 0.29) is 9.52 Å². The maximum absolute atomic E-state index is 2.37. The van der Waals surface area contributed by atoms with Gasteiger partial charge in [-0.1, -0.05) is 49.1 Å². The van der Waals surface area contributed by atoms with Gasteiger partial charge < -0.3 is 0 Å². The Kier molecular flexibility index (Phi) is 2.27. The van der Waals surface area contributed by atoms with Gasteiger partial charge in [0.25, 0.3) is 0 Å². The van der Waals surface area contributed by atoms with Crippen molar-refractivity contribution in [2.45, 2.75) is 37.6 Å². The van der Waals surface area contributed by atoms with Gasteiger partial charge in [-0.05, 0) is 12.0 Å². The molecular weight excluding hydrogens is 148 g/mol. The van der Waals surface area contributed by atoms with Gasteiger partial charge in [-0.25, -0.2) is 0 Å². The summed E-state index contributed by atoms with van der Waals surface area (Å²) in [5.41, 5.74) is 1.17. The van der Waals surface area contributed by atoms with Crippen LogP contribution in [0.3, 0.4) is 0 Å². The predicted molar refractivity (Wildman–Crippen MR) is 52.6 cm³/mol. The summed E-state index contributed by atoms with van der Waals surface area (Å²) < 4.78 is 0. The summed E-state index contributed by atoms with van der Waals surface area (Å²) in [7, 11) is 0.163. The maximum Gasteiger partial charge on any atom is 0.0530 e. The molecule has 0 spiro atoms. The second kappa shape index (κ2) is 3.40. The molecule has 2 aliphatic rings. The minimum atomic E-state index is 0.163. The van der Waals surface area contributed by atoms with Crippen LogP contribution >= 0.6 is 0 Å². The summed E-state index contributed by atoms with van der Waals surface area (Å²) in [6, 6.07) is 0. The third-order valence-electron chi connectivity index (χ3n) is 2.87. The van der Waals surface area contributed by atoms with E-state index >= 15 is 0 Å². The molecule has 1 saturated carbocycles. The summed E-state index contributed by atoms with van der Waals surface area (Å²) in [6.45, 7) is 0. The van der Waals surface area contributed by atoms with Gasteiger partial charge in [0.05, 0.1) is 9.52 Å². The van der Waals surface area contributed by atoms with E-state index in [2.05, 4.69) is 18.2 Å². The topological polar surface area (TPSA) is 0 Å². The molecule has 0 aliphatic heterocycles. The Morgan fingerprint density at radius 3 is 2.73 bits per heavy atom. The van der Waals surface area contributed by atoms with Crippen LogP contribution in [0.15, 0.2) is 23.4 Å². The fourth-order valence-corrected chi connectivity index (χ4v) is 4.56. The summed E-state index contributed by atoms with van der Waals surface area (Å²) in [5, 5.41) is 1.80. The fourth-order valence-electron chi connectivity index (χ4n) is 2.23. The number of allylic oxidation sites excluding steroid dienone is 4. The monoisotopic (exact) mass is 164 g/mol. The van der Waals surface area contributed by atoms with E-state index in [4.69, 9.17) is 0 Å². The van der Waals surface area contributed by atoms with Crippen LogP contribution in [0.1, 0.15) is 32.1 Å². The number of hydrogen-bond acceptors (Lipinski definition) is 0. The van der Waals surface area contributed by atoms with Crippen molar-refractivity contribution in [3.8, 4) is 0 Å². The largest absolute Gasteiger partial charge is 0.0840 e. The van der Waals surface area contributed by atoms with Gasteiger partial charge >= 0.3 is 0 Å². The van der Waals surface area contributed by atoms with Crippen LogP contribution in [0.4, 0.5) is 0 Å². The lowest BCUT2D eigenvalue weighted by Crippen LogP contribution is -2.01. The maximum atomic E-state index is 2.37. The fraction of sp³-hybridized carbons (Fsp3) is 0.600. The van der Waals surface area contributed by atoms with Crippen molar-refractivity contribution in [3.05, 3.63) is 23.4 Å². The Balaban J connectivity index is 1.81. The van der Waals surface area contributed by atoms with E-state index in [0.717, 1.165) is 0 Å². The molecule has 2 aliphatic carbocycles. The second-order valence-corrected chi connectivity index (χ2v) is 6.28. The van der Waals surface area contributed by atoms with E-state index in [1.807, 2.05) is 0 Å². The molecule has 60 valence electrons. The van der Waals surface area contributed by atoms with Crippen molar-refractivity contribution in [3.63, 3.8) is 0 Å². The van der Waals surface area contributed by atoms with Gasteiger partial charge in [0.2, 0.25) is 0 Å². The molecule has 0 aromatic carbocycles. The molecule has 0 N–H and O–H groups in total. The molecule has 0 atom stereocenters. The predicted octanol–water partition coefficient (Wildman–Crippen LogP) is 2.36. The molecule has 0 amide bonds. The Bertz CT molecular complexity index is 185. The molecule has 0 radical (unpaired) electrons. The molecule has 1 fully saturated rings. The lowest BCUT2D eigenvalue weighted by atomic mass is 10.4. The molecule has 0 unspecified atom stereocenters. The molecule has 0 nitrogen and oxygen atoms in total. The zero-order valence-corrected chi connectivity index (χ0v) is 8.47. The quantitative estimate of drug-likeness (QED) is 0.550. The number of hydrogen-bond donors (Lipinski definition) is 0. The van der Waals surface area contributed by atoms with Gasteiger partial charge in [-0.15, -0.1) is 0 Å². The molecule has 0 bridgehead atoms. The van der Waals surface area contributed by atoms with E-state index in [0.29, 0.717) is 0 Å². The van der Waals surface area contributed by atoms with Crippen molar-refractivity contribution in [1.82, 2.24) is 0 Å². The SMILES string of the molecule is C1=CCC([SiH2]C2CCCC2)=C1. The van der Waals surface area contributed by atoms with Crippen molar-refractivity contribution in [1.29, 1.82) is 0 Å². The Morgan fingerprint density at radius 1 is 1.27 bits per heavy atom. The average Bonchev–Trinajstić information content (AvgIpc) is 2.60. The van der Waals surface area contributed by atoms with Crippen LogP contribution in [-0.2, 0) is 0 Å². The normalized spacial score (nSPS) is 25.6. The highest BCUT2D eigenvalue weighted by Gasteiger charge is 2.16. The summed E-state index contributed by atoms with van der Waals surface area (Å²) in [6.07, 6.45) is 14.3. The van der Waals surface area contributed by atoms with E-state index in [1.165, 1.54) is 24.8 Å². The summed E-state index contributed by atoms with van der Waals surface area (Å²) >= 11 is 0. The van der Waals surface area contributed by atoms with Crippen molar-refractivity contribution in [2.24, 2.45) is 0 Å². The molecular formula is C10H16Si. The second-order valence-electron chi connectivity index (χ2n) is 3.81. The summed E-state index contributed by atoms with van der Waals surface area (Å²) in [5.74, 6) is 0. The highest BCUT2D eigenvalue weighted by atomic mass is 28.2. The van der Waals surface area contributed by atoms with E-state index in [1.54, 1.807) is 18.0 Å². The standard InChI is InChI=1S/C10H16Si/c1-2-6-9(5-1)11-10-7-3-4-8-10/h1-2,5,10H,3-4,6-8,11H2. The Morgan fingerprint density at radius 2 is 2.09 bits per heavy atom. The van der Waals surface area contributed by atoms with Crippen molar-refractivity contribution >= 4 is 9.52 Å². The average molecular weight is 164 g/mol. The minimum absolute atomic E-state index is 0.163.